The summed E-state index contributed by atoms with van der Waals surface area (Å²) < 4.78 is 10.2. The predicted molar refractivity (Wildman–Crippen MR) is 66.8 cm³/mol. The first-order valence-corrected chi connectivity index (χ1v) is 6.13. The van der Waals surface area contributed by atoms with E-state index >= 15 is 0 Å². The Morgan fingerprint density at radius 1 is 1.50 bits per heavy atom. The Bertz CT molecular complexity index is 468. The second kappa shape index (κ2) is 5.16. The van der Waals surface area contributed by atoms with Crippen molar-refractivity contribution in [1.82, 2.24) is 0 Å². The number of hydrogen-bond donors (Lipinski definition) is 1. The van der Waals surface area contributed by atoms with Gasteiger partial charge in [0, 0.05) is 5.56 Å². The van der Waals surface area contributed by atoms with E-state index in [9.17, 15) is 9.90 Å². The number of carbonyl (C=O) groups is 1. The highest BCUT2D eigenvalue weighted by Gasteiger charge is 2.29. The summed E-state index contributed by atoms with van der Waals surface area (Å²) in [7, 11) is 1.23. The normalized spacial score (nSPS) is 16.2. The van der Waals surface area contributed by atoms with Crippen LogP contribution in [-0.4, -0.2) is 24.3 Å². The molecule has 0 amide bonds. The fourth-order valence-corrected chi connectivity index (χ4v) is 2.00. The van der Waals surface area contributed by atoms with E-state index in [2.05, 4.69) is 4.74 Å². The van der Waals surface area contributed by atoms with Gasteiger partial charge < -0.3 is 14.6 Å². The Kier molecular flexibility index (Phi) is 3.78. The third-order valence-electron chi connectivity index (χ3n) is 2.74. The average Bonchev–Trinajstić information content (AvgIpc) is 3.14. The number of aryl methyl sites for hydroxylation is 1. The number of methoxy groups -OCH3 is 1. The van der Waals surface area contributed by atoms with Crippen molar-refractivity contribution in [1.29, 1.82) is 0 Å². The highest BCUT2D eigenvalue weighted by molar-refractivity contribution is 6.32. The van der Waals surface area contributed by atoms with Gasteiger partial charge >= 0.3 is 5.97 Å². The molecule has 98 valence electrons. The van der Waals surface area contributed by atoms with E-state index in [0.29, 0.717) is 16.3 Å². The van der Waals surface area contributed by atoms with E-state index < -0.39 is 12.1 Å². The third kappa shape index (κ3) is 2.76. The summed E-state index contributed by atoms with van der Waals surface area (Å²) >= 11 is 6.11. The zero-order valence-corrected chi connectivity index (χ0v) is 11.0. The monoisotopic (exact) mass is 270 g/mol. The lowest BCUT2D eigenvalue weighted by Gasteiger charge is -2.16. The van der Waals surface area contributed by atoms with Gasteiger partial charge in [-0.15, -0.1) is 0 Å². The highest BCUT2D eigenvalue weighted by atomic mass is 35.5. The van der Waals surface area contributed by atoms with E-state index in [1.54, 1.807) is 12.1 Å². The summed E-state index contributed by atoms with van der Waals surface area (Å²) in [5.74, 6) is -0.347. The molecule has 1 saturated carbocycles. The smallest absolute Gasteiger partial charge is 0.339 e. The summed E-state index contributed by atoms with van der Waals surface area (Å²) in [5.41, 5.74) is 1.21. The molecule has 18 heavy (non-hydrogen) atoms. The van der Waals surface area contributed by atoms with Gasteiger partial charge in [0.2, 0.25) is 0 Å². The molecule has 0 saturated heterocycles. The average molecular weight is 271 g/mol. The zero-order chi connectivity index (χ0) is 13.3. The lowest BCUT2D eigenvalue weighted by atomic mass is 10.1. The van der Waals surface area contributed by atoms with Gasteiger partial charge in [0.1, 0.15) is 5.75 Å². The maximum absolute atomic E-state index is 11.4. The van der Waals surface area contributed by atoms with Crippen LogP contribution in [0.15, 0.2) is 12.1 Å². The quantitative estimate of drug-likeness (QED) is 0.854. The lowest BCUT2D eigenvalue weighted by Crippen LogP contribution is -2.15. The summed E-state index contributed by atoms with van der Waals surface area (Å²) in [4.78, 5) is 11.4. The van der Waals surface area contributed by atoms with Crippen LogP contribution in [0.2, 0.25) is 5.02 Å². The third-order valence-corrected chi connectivity index (χ3v) is 3.03. The van der Waals surface area contributed by atoms with Crippen LogP contribution < -0.4 is 4.74 Å². The molecule has 1 aromatic carbocycles. The lowest BCUT2D eigenvalue weighted by molar-refractivity contribution is -0.150. The largest absolute Gasteiger partial charge is 0.488 e. The molecule has 1 fully saturated rings. The number of aliphatic hydroxyl groups is 1. The number of esters is 1. The standard InChI is InChI=1S/C13H15ClO4/c1-7-5-9(11(15)13(16)17-2)12(10(14)6-7)18-8-3-4-8/h5-6,8,11,15H,3-4H2,1-2H3. The van der Waals surface area contributed by atoms with Crippen molar-refractivity contribution in [2.75, 3.05) is 7.11 Å². The summed E-state index contributed by atoms with van der Waals surface area (Å²) in [6.07, 6.45) is 0.700. The second-order valence-corrected chi connectivity index (χ2v) is 4.82. The number of benzene rings is 1. The van der Waals surface area contributed by atoms with Crippen LogP contribution in [0.3, 0.4) is 0 Å². The van der Waals surface area contributed by atoms with Crippen molar-refractivity contribution >= 4 is 17.6 Å². The first-order valence-electron chi connectivity index (χ1n) is 5.75. The topological polar surface area (TPSA) is 55.8 Å². The Labute approximate surface area is 110 Å². The van der Waals surface area contributed by atoms with Gasteiger partial charge in [0.05, 0.1) is 18.2 Å². The van der Waals surface area contributed by atoms with E-state index in [0.717, 1.165) is 18.4 Å². The van der Waals surface area contributed by atoms with Crippen molar-refractivity contribution in [3.05, 3.63) is 28.3 Å². The molecule has 0 spiro atoms. The van der Waals surface area contributed by atoms with Crippen molar-refractivity contribution in [3.63, 3.8) is 0 Å². The molecule has 5 heteroatoms. The molecule has 4 nitrogen and oxygen atoms in total. The van der Waals surface area contributed by atoms with Crippen LogP contribution in [-0.2, 0) is 9.53 Å². The summed E-state index contributed by atoms with van der Waals surface area (Å²) in [6.45, 7) is 1.83. The predicted octanol–water partition coefficient (Wildman–Crippen LogP) is 2.40. The molecular formula is C13H15ClO4. The second-order valence-electron chi connectivity index (χ2n) is 4.41. The summed E-state index contributed by atoms with van der Waals surface area (Å²) in [6, 6.07) is 3.43. The Morgan fingerprint density at radius 3 is 2.72 bits per heavy atom. The van der Waals surface area contributed by atoms with Gasteiger partial charge in [0.15, 0.2) is 6.10 Å². The Hall–Kier alpha value is -1.26. The van der Waals surface area contributed by atoms with Crippen molar-refractivity contribution < 1.29 is 19.4 Å². The van der Waals surface area contributed by atoms with Gasteiger partial charge in [-0.05, 0) is 37.5 Å². The first-order chi connectivity index (χ1) is 8.52. The Balaban J connectivity index is 2.38. The van der Waals surface area contributed by atoms with Gasteiger partial charge in [-0.3, -0.25) is 0 Å². The number of ether oxygens (including phenoxy) is 2. The maximum atomic E-state index is 11.4. The first kappa shape index (κ1) is 13.2. The van der Waals surface area contributed by atoms with E-state index in [-0.39, 0.29) is 6.10 Å². The van der Waals surface area contributed by atoms with Crippen molar-refractivity contribution in [2.45, 2.75) is 32.0 Å². The molecule has 0 aromatic heterocycles. The van der Waals surface area contributed by atoms with Gasteiger partial charge in [0.25, 0.3) is 0 Å². The molecule has 1 N–H and O–H groups in total. The molecule has 1 atom stereocenters. The molecule has 0 bridgehead atoms. The van der Waals surface area contributed by atoms with Crippen molar-refractivity contribution in [2.24, 2.45) is 0 Å². The van der Waals surface area contributed by atoms with Gasteiger partial charge in [-0.1, -0.05) is 11.6 Å². The van der Waals surface area contributed by atoms with Crippen LogP contribution in [0, 0.1) is 6.92 Å². The minimum Gasteiger partial charge on any atom is -0.488 e. The van der Waals surface area contributed by atoms with Crippen LogP contribution in [0.4, 0.5) is 0 Å². The highest BCUT2D eigenvalue weighted by Crippen LogP contribution is 2.38. The fourth-order valence-electron chi connectivity index (χ4n) is 1.67. The SMILES string of the molecule is COC(=O)C(O)c1cc(C)cc(Cl)c1OC1CC1. The molecule has 2 rings (SSSR count). The molecule has 0 aliphatic heterocycles. The van der Waals surface area contributed by atoms with Crippen LogP contribution in [0.5, 0.6) is 5.75 Å². The van der Waals surface area contributed by atoms with Crippen LogP contribution >= 0.6 is 11.6 Å². The molecule has 0 radical (unpaired) electrons. The molecule has 1 unspecified atom stereocenters. The zero-order valence-electron chi connectivity index (χ0n) is 10.3. The molecular weight excluding hydrogens is 256 g/mol. The molecule has 0 heterocycles. The minimum absolute atomic E-state index is 0.133. The number of carbonyl (C=O) groups excluding carboxylic acids is 1. The molecule has 1 aromatic rings. The van der Waals surface area contributed by atoms with Crippen molar-refractivity contribution in [3.8, 4) is 5.75 Å². The van der Waals surface area contributed by atoms with E-state index in [1.807, 2.05) is 6.92 Å². The Morgan fingerprint density at radius 2 is 2.17 bits per heavy atom. The molecule has 1 aliphatic rings. The van der Waals surface area contributed by atoms with Crippen LogP contribution in [0.1, 0.15) is 30.1 Å². The number of halogens is 1. The van der Waals surface area contributed by atoms with E-state index in [1.165, 1.54) is 7.11 Å². The fraction of sp³-hybridized carbons (Fsp3) is 0.462. The maximum Gasteiger partial charge on any atom is 0.339 e. The minimum atomic E-state index is -1.37. The van der Waals surface area contributed by atoms with Gasteiger partial charge in [-0.2, -0.15) is 0 Å². The van der Waals surface area contributed by atoms with Gasteiger partial charge in [-0.25, -0.2) is 4.79 Å². The number of aliphatic hydroxyl groups excluding tert-OH is 1. The van der Waals surface area contributed by atoms with E-state index in [4.69, 9.17) is 16.3 Å². The number of hydrogen-bond acceptors (Lipinski definition) is 4. The molecule has 1 aliphatic carbocycles. The summed E-state index contributed by atoms with van der Waals surface area (Å²) in [5, 5.41) is 10.3. The van der Waals surface area contributed by atoms with Crippen LogP contribution in [0.25, 0.3) is 0 Å². The number of rotatable bonds is 4.